The van der Waals surface area contributed by atoms with E-state index in [2.05, 4.69) is 20.8 Å². The zero-order valence-electron chi connectivity index (χ0n) is 12.1. The van der Waals surface area contributed by atoms with Crippen molar-refractivity contribution in [1.82, 2.24) is 0 Å². The van der Waals surface area contributed by atoms with Gasteiger partial charge in [0.25, 0.3) is 0 Å². The highest BCUT2D eigenvalue weighted by molar-refractivity contribution is 7.91. The van der Waals surface area contributed by atoms with Gasteiger partial charge in [0.2, 0.25) is 0 Å². The van der Waals surface area contributed by atoms with Gasteiger partial charge >= 0.3 is 0 Å². The van der Waals surface area contributed by atoms with Crippen LogP contribution in [-0.2, 0) is 9.84 Å². The highest BCUT2D eigenvalue weighted by Gasteiger charge is 2.39. The van der Waals surface area contributed by atoms with Crippen molar-refractivity contribution in [2.75, 3.05) is 5.75 Å². The smallest absolute Gasteiger partial charge is 0.178 e. The number of sulfone groups is 1. The molecule has 1 fully saturated rings. The van der Waals surface area contributed by atoms with E-state index in [0.29, 0.717) is 10.8 Å². The average molecular weight is 280 g/mol. The summed E-state index contributed by atoms with van der Waals surface area (Å²) in [4.78, 5) is 0.462. The minimum absolute atomic E-state index is 0.125. The maximum atomic E-state index is 12.5. The van der Waals surface area contributed by atoms with E-state index in [1.807, 2.05) is 6.07 Å². The van der Waals surface area contributed by atoms with Gasteiger partial charge < -0.3 is 0 Å². The van der Waals surface area contributed by atoms with Crippen molar-refractivity contribution in [3.63, 3.8) is 0 Å². The maximum Gasteiger partial charge on any atom is 0.178 e. The van der Waals surface area contributed by atoms with Crippen molar-refractivity contribution < 1.29 is 8.42 Å². The number of hydrogen-bond acceptors (Lipinski definition) is 2. The molecule has 0 N–H and O–H groups in total. The molecule has 0 amide bonds. The molecule has 2 nitrogen and oxygen atoms in total. The first-order valence-corrected chi connectivity index (χ1v) is 8.76. The molecular formula is C16H24O2S. The van der Waals surface area contributed by atoms with Crippen LogP contribution in [0.25, 0.3) is 0 Å². The van der Waals surface area contributed by atoms with Crippen LogP contribution < -0.4 is 0 Å². The lowest BCUT2D eigenvalue weighted by Gasteiger charge is -2.42. The van der Waals surface area contributed by atoms with E-state index in [-0.39, 0.29) is 17.1 Å². The second kappa shape index (κ2) is 5.28. The molecule has 1 aliphatic rings. The lowest BCUT2D eigenvalue weighted by atomic mass is 9.65. The van der Waals surface area contributed by atoms with Crippen molar-refractivity contribution in [2.45, 2.75) is 44.9 Å². The SMILES string of the molecule is C[C@H]1CCCC(C)(C)[C@@H]1CS(=O)(=O)c1ccccc1. The minimum Gasteiger partial charge on any atom is -0.224 e. The van der Waals surface area contributed by atoms with E-state index in [1.54, 1.807) is 24.3 Å². The van der Waals surface area contributed by atoms with Crippen LogP contribution in [0.5, 0.6) is 0 Å². The van der Waals surface area contributed by atoms with Crippen LogP contribution >= 0.6 is 0 Å². The molecule has 0 saturated heterocycles. The fourth-order valence-corrected chi connectivity index (χ4v) is 5.40. The summed E-state index contributed by atoms with van der Waals surface area (Å²) in [7, 11) is -3.16. The van der Waals surface area contributed by atoms with Gasteiger partial charge in [0, 0.05) is 0 Å². The molecule has 19 heavy (non-hydrogen) atoms. The molecule has 1 aromatic rings. The Labute approximate surface area is 117 Å². The minimum atomic E-state index is -3.16. The third-order valence-electron chi connectivity index (χ3n) is 4.67. The van der Waals surface area contributed by atoms with Crippen molar-refractivity contribution >= 4 is 9.84 Å². The van der Waals surface area contributed by atoms with Crippen LogP contribution in [0, 0.1) is 17.3 Å². The van der Waals surface area contributed by atoms with E-state index in [4.69, 9.17) is 0 Å². The van der Waals surface area contributed by atoms with E-state index in [0.717, 1.165) is 12.8 Å². The molecule has 3 heteroatoms. The van der Waals surface area contributed by atoms with Crippen LogP contribution in [0.1, 0.15) is 40.0 Å². The summed E-state index contributed by atoms with van der Waals surface area (Å²) in [5.74, 6) is 1.03. The lowest BCUT2D eigenvalue weighted by molar-refractivity contribution is 0.102. The second-order valence-corrected chi connectivity index (χ2v) is 8.59. The first-order valence-electron chi connectivity index (χ1n) is 7.11. The van der Waals surface area contributed by atoms with Gasteiger partial charge in [0.15, 0.2) is 9.84 Å². The molecule has 106 valence electrons. The molecule has 0 radical (unpaired) electrons. The molecule has 0 spiro atoms. The molecule has 0 heterocycles. The van der Waals surface area contributed by atoms with E-state index in [1.165, 1.54) is 6.42 Å². The Morgan fingerprint density at radius 3 is 2.42 bits per heavy atom. The molecule has 2 atom stereocenters. The summed E-state index contributed by atoms with van der Waals surface area (Å²) in [6.45, 7) is 6.63. The average Bonchev–Trinajstić information content (AvgIpc) is 2.35. The van der Waals surface area contributed by atoms with Crippen molar-refractivity contribution in [3.8, 4) is 0 Å². The summed E-state index contributed by atoms with van der Waals surface area (Å²) in [6.07, 6.45) is 3.50. The standard InChI is InChI=1S/C16H24O2S/c1-13-8-7-11-16(2,3)15(13)12-19(17,18)14-9-5-4-6-10-14/h4-6,9-10,13,15H,7-8,11-12H2,1-3H3/t13-,15+/m0/s1. The van der Waals surface area contributed by atoms with E-state index in [9.17, 15) is 8.42 Å². The monoisotopic (exact) mass is 280 g/mol. The molecule has 0 aliphatic heterocycles. The Balaban J connectivity index is 2.24. The molecule has 1 aromatic carbocycles. The van der Waals surface area contributed by atoms with Gasteiger partial charge in [-0.3, -0.25) is 0 Å². The third-order valence-corrected chi connectivity index (χ3v) is 6.46. The van der Waals surface area contributed by atoms with Gasteiger partial charge in [-0.1, -0.05) is 51.8 Å². The normalized spacial score (nSPS) is 27.1. The highest BCUT2D eigenvalue weighted by atomic mass is 32.2. The van der Waals surface area contributed by atoms with Gasteiger partial charge in [-0.25, -0.2) is 8.42 Å². The number of hydrogen-bond donors (Lipinski definition) is 0. The summed E-state index contributed by atoms with van der Waals surface area (Å²) in [5.41, 5.74) is 0.125. The largest absolute Gasteiger partial charge is 0.224 e. The van der Waals surface area contributed by atoms with Gasteiger partial charge in [-0.15, -0.1) is 0 Å². The lowest BCUT2D eigenvalue weighted by Crippen LogP contribution is -2.38. The van der Waals surface area contributed by atoms with Gasteiger partial charge in [0.05, 0.1) is 10.6 Å². The van der Waals surface area contributed by atoms with Crippen LogP contribution in [-0.4, -0.2) is 14.2 Å². The fraction of sp³-hybridized carbons (Fsp3) is 0.625. The number of benzene rings is 1. The van der Waals surface area contributed by atoms with E-state index >= 15 is 0 Å². The quantitative estimate of drug-likeness (QED) is 0.841. The molecule has 2 rings (SSSR count). The van der Waals surface area contributed by atoms with Crippen LogP contribution in [0.4, 0.5) is 0 Å². The zero-order chi connectivity index (χ0) is 14.1. The molecule has 0 aromatic heterocycles. The molecule has 1 saturated carbocycles. The predicted molar refractivity (Wildman–Crippen MR) is 78.8 cm³/mol. The summed E-state index contributed by atoms with van der Waals surface area (Å²) in [6, 6.07) is 8.85. The first kappa shape index (κ1) is 14.6. The molecular weight excluding hydrogens is 256 g/mol. The molecule has 1 aliphatic carbocycles. The van der Waals surface area contributed by atoms with Crippen LogP contribution in [0.15, 0.2) is 35.2 Å². The van der Waals surface area contributed by atoms with Crippen LogP contribution in [0.2, 0.25) is 0 Å². The maximum absolute atomic E-state index is 12.5. The van der Waals surface area contributed by atoms with Crippen molar-refractivity contribution in [2.24, 2.45) is 17.3 Å². The summed E-state index contributed by atoms with van der Waals surface area (Å²) >= 11 is 0. The van der Waals surface area contributed by atoms with Gasteiger partial charge in [-0.05, 0) is 35.8 Å². The van der Waals surface area contributed by atoms with Crippen molar-refractivity contribution in [3.05, 3.63) is 30.3 Å². The Morgan fingerprint density at radius 2 is 1.84 bits per heavy atom. The highest BCUT2D eigenvalue weighted by Crippen LogP contribution is 2.44. The zero-order valence-corrected chi connectivity index (χ0v) is 12.9. The van der Waals surface area contributed by atoms with Crippen molar-refractivity contribution in [1.29, 1.82) is 0 Å². The summed E-state index contributed by atoms with van der Waals surface area (Å²) in [5, 5.41) is 0. The van der Waals surface area contributed by atoms with Crippen LogP contribution in [0.3, 0.4) is 0 Å². The fourth-order valence-electron chi connectivity index (χ4n) is 3.39. The van der Waals surface area contributed by atoms with Gasteiger partial charge in [-0.2, -0.15) is 0 Å². The van der Waals surface area contributed by atoms with E-state index < -0.39 is 9.84 Å². The summed E-state index contributed by atoms with van der Waals surface area (Å²) < 4.78 is 25.1. The Bertz CT molecular complexity index is 517. The molecule has 0 bridgehead atoms. The second-order valence-electron chi connectivity index (χ2n) is 6.56. The Morgan fingerprint density at radius 1 is 1.21 bits per heavy atom. The number of rotatable bonds is 3. The Hall–Kier alpha value is -0.830. The predicted octanol–water partition coefficient (Wildman–Crippen LogP) is 3.92. The Kier molecular flexibility index (Phi) is 4.05. The first-order chi connectivity index (χ1) is 8.83. The molecule has 0 unspecified atom stereocenters. The van der Waals surface area contributed by atoms with Gasteiger partial charge in [0.1, 0.15) is 0 Å². The topological polar surface area (TPSA) is 34.1 Å². The third kappa shape index (κ3) is 3.19.